The summed E-state index contributed by atoms with van der Waals surface area (Å²) in [7, 11) is 1.87. The number of hydrogen-bond donors (Lipinski definition) is 1. The molecule has 0 heterocycles. The van der Waals surface area contributed by atoms with Crippen molar-refractivity contribution >= 4 is 0 Å². The number of halogens is 1. The Kier molecular flexibility index (Phi) is 4.00. The summed E-state index contributed by atoms with van der Waals surface area (Å²) in [6.45, 7) is 2.01. The van der Waals surface area contributed by atoms with Crippen molar-refractivity contribution in [3.63, 3.8) is 0 Å². The van der Waals surface area contributed by atoms with Crippen LogP contribution in [0.3, 0.4) is 0 Å². The zero-order valence-electron chi connectivity index (χ0n) is 10.5. The van der Waals surface area contributed by atoms with Gasteiger partial charge in [-0.15, -0.1) is 0 Å². The van der Waals surface area contributed by atoms with E-state index in [4.69, 9.17) is 4.74 Å². The molecule has 0 radical (unpaired) electrons. The number of nitrogens with one attached hydrogen (secondary N) is 1. The third kappa shape index (κ3) is 2.97. The molecule has 1 unspecified atom stereocenters. The van der Waals surface area contributed by atoms with Crippen molar-refractivity contribution < 1.29 is 9.13 Å². The highest BCUT2D eigenvalue weighted by molar-refractivity contribution is 5.36. The average Bonchev–Trinajstić information content (AvgIpc) is 2.83. The highest BCUT2D eigenvalue weighted by Crippen LogP contribution is 2.30. The standard InChI is InChI=1S/C14H20FNO/c1-10(16-2)13-9-11(15)7-8-14(13)17-12-5-3-4-6-12/h7-10,12,16H,3-6H2,1-2H3. The Balaban J connectivity index is 2.19. The molecule has 0 bridgehead atoms. The Hall–Kier alpha value is -1.09. The third-order valence-electron chi connectivity index (χ3n) is 3.47. The van der Waals surface area contributed by atoms with E-state index in [9.17, 15) is 4.39 Å². The maximum Gasteiger partial charge on any atom is 0.124 e. The van der Waals surface area contributed by atoms with Crippen LogP contribution in [0.5, 0.6) is 5.75 Å². The van der Waals surface area contributed by atoms with Crippen molar-refractivity contribution in [2.24, 2.45) is 0 Å². The molecule has 0 spiro atoms. The largest absolute Gasteiger partial charge is 0.490 e. The minimum atomic E-state index is -0.208. The normalized spacial score (nSPS) is 18.3. The second-order valence-electron chi connectivity index (χ2n) is 4.72. The third-order valence-corrected chi connectivity index (χ3v) is 3.47. The molecular formula is C14H20FNO. The van der Waals surface area contributed by atoms with Crippen LogP contribution in [0.2, 0.25) is 0 Å². The van der Waals surface area contributed by atoms with E-state index in [1.54, 1.807) is 12.1 Å². The molecule has 0 amide bonds. The van der Waals surface area contributed by atoms with Gasteiger partial charge in [0.05, 0.1) is 6.10 Å². The molecule has 2 nitrogen and oxygen atoms in total. The highest BCUT2D eigenvalue weighted by Gasteiger charge is 2.19. The Morgan fingerprint density at radius 3 is 2.71 bits per heavy atom. The number of rotatable bonds is 4. The van der Waals surface area contributed by atoms with E-state index in [1.165, 1.54) is 18.9 Å². The fourth-order valence-electron chi connectivity index (χ4n) is 2.31. The first-order valence-corrected chi connectivity index (χ1v) is 6.34. The molecule has 1 aromatic rings. The molecule has 0 aliphatic heterocycles. The van der Waals surface area contributed by atoms with E-state index < -0.39 is 0 Å². The van der Waals surface area contributed by atoms with Crippen LogP contribution < -0.4 is 10.1 Å². The van der Waals surface area contributed by atoms with Gasteiger partial charge < -0.3 is 10.1 Å². The van der Waals surface area contributed by atoms with Crippen molar-refractivity contribution in [2.45, 2.75) is 44.8 Å². The smallest absolute Gasteiger partial charge is 0.124 e. The van der Waals surface area contributed by atoms with Gasteiger partial charge in [0.1, 0.15) is 11.6 Å². The van der Waals surface area contributed by atoms with Crippen LogP contribution in [-0.2, 0) is 0 Å². The molecule has 1 aromatic carbocycles. The van der Waals surface area contributed by atoms with Gasteiger partial charge in [0.15, 0.2) is 0 Å². The fourth-order valence-corrected chi connectivity index (χ4v) is 2.31. The summed E-state index contributed by atoms with van der Waals surface area (Å²) >= 11 is 0. The number of ether oxygens (including phenoxy) is 1. The molecule has 1 N–H and O–H groups in total. The van der Waals surface area contributed by atoms with E-state index >= 15 is 0 Å². The predicted octanol–water partition coefficient (Wildman–Crippen LogP) is 3.43. The minimum absolute atomic E-state index is 0.0992. The Morgan fingerprint density at radius 1 is 1.35 bits per heavy atom. The molecule has 1 saturated carbocycles. The Labute approximate surface area is 102 Å². The molecule has 1 aliphatic carbocycles. The van der Waals surface area contributed by atoms with Gasteiger partial charge in [-0.2, -0.15) is 0 Å². The minimum Gasteiger partial charge on any atom is -0.490 e. The lowest BCUT2D eigenvalue weighted by Gasteiger charge is -2.20. The monoisotopic (exact) mass is 237 g/mol. The molecular weight excluding hydrogens is 217 g/mol. The van der Waals surface area contributed by atoms with Crippen LogP contribution >= 0.6 is 0 Å². The van der Waals surface area contributed by atoms with Crippen LogP contribution in [0.1, 0.15) is 44.2 Å². The fraction of sp³-hybridized carbons (Fsp3) is 0.571. The summed E-state index contributed by atoms with van der Waals surface area (Å²) in [5.41, 5.74) is 0.902. The second kappa shape index (κ2) is 5.50. The van der Waals surface area contributed by atoms with Crippen molar-refractivity contribution in [1.29, 1.82) is 0 Å². The highest BCUT2D eigenvalue weighted by atomic mass is 19.1. The molecule has 94 valence electrons. The van der Waals surface area contributed by atoms with E-state index in [1.807, 2.05) is 14.0 Å². The average molecular weight is 237 g/mol. The van der Waals surface area contributed by atoms with E-state index in [2.05, 4.69) is 5.32 Å². The molecule has 3 heteroatoms. The van der Waals surface area contributed by atoms with Gasteiger partial charge in [0.2, 0.25) is 0 Å². The van der Waals surface area contributed by atoms with Crippen LogP contribution in [0.25, 0.3) is 0 Å². The topological polar surface area (TPSA) is 21.3 Å². The maximum atomic E-state index is 13.3. The van der Waals surface area contributed by atoms with Gasteiger partial charge >= 0.3 is 0 Å². The van der Waals surface area contributed by atoms with E-state index in [0.29, 0.717) is 6.10 Å². The summed E-state index contributed by atoms with van der Waals surface area (Å²) in [5, 5.41) is 3.13. The van der Waals surface area contributed by atoms with Crippen LogP contribution in [0, 0.1) is 5.82 Å². The van der Waals surface area contributed by atoms with Gasteiger partial charge in [0.25, 0.3) is 0 Å². The van der Waals surface area contributed by atoms with E-state index in [0.717, 1.165) is 24.2 Å². The van der Waals surface area contributed by atoms with Gasteiger partial charge in [-0.1, -0.05) is 0 Å². The summed E-state index contributed by atoms with van der Waals surface area (Å²) in [5.74, 6) is 0.612. The lowest BCUT2D eigenvalue weighted by molar-refractivity contribution is 0.206. The molecule has 1 aliphatic rings. The first-order chi connectivity index (χ1) is 8.20. The lowest BCUT2D eigenvalue weighted by atomic mass is 10.1. The molecule has 1 atom stereocenters. The van der Waals surface area contributed by atoms with Crippen molar-refractivity contribution in [2.75, 3.05) is 7.05 Å². The molecule has 1 fully saturated rings. The quantitative estimate of drug-likeness (QED) is 0.866. The summed E-state index contributed by atoms with van der Waals surface area (Å²) in [6, 6.07) is 4.88. The summed E-state index contributed by atoms with van der Waals surface area (Å²) in [4.78, 5) is 0. The molecule has 0 aromatic heterocycles. The maximum absolute atomic E-state index is 13.3. The second-order valence-corrected chi connectivity index (χ2v) is 4.72. The first-order valence-electron chi connectivity index (χ1n) is 6.34. The SMILES string of the molecule is CNC(C)c1cc(F)ccc1OC1CCCC1. The van der Waals surface area contributed by atoms with Crippen molar-refractivity contribution in [3.05, 3.63) is 29.6 Å². The number of hydrogen-bond acceptors (Lipinski definition) is 2. The zero-order valence-corrected chi connectivity index (χ0v) is 10.5. The number of benzene rings is 1. The first kappa shape index (κ1) is 12.4. The van der Waals surface area contributed by atoms with Crippen LogP contribution in [0.4, 0.5) is 4.39 Å². The Bertz CT molecular complexity index is 374. The summed E-state index contributed by atoms with van der Waals surface area (Å²) < 4.78 is 19.3. The van der Waals surface area contributed by atoms with Gasteiger partial charge in [0, 0.05) is 11.6 Å². The molecule has 0 saturated heterocycles. The van der Waals surface area contributed by atoms with Gasteiger partial charge in [-0.25, -0.2) is 4.39 Å². The predicted molar refractivity (Wildman–Crippen MR) is 66.8 cm³/mol. The van der Waals surface area contributed by atoms with Crippen LogP contribution in [0.15, 0.2) is 18.2 Å². The zero-order chi connectivity index (χ0) is 12.3. The molecule has 2 rings (SSSR count). The lowest BCUT2D eigenvalue weighted by Crippen LogP contribution is -2.17. The van der Waals surface area contributed by atoms with E-state index in [-0.39, 0.29) is 11.9 Å². The molecule has 17 heavy (non-hydrogen) atoms. The van der Waals surface area contributed by atoms with Gasteiger partial charge in [-0.3, -0.25) is 0 Å². The Morgan fingerprint density at radius 2 is 2.06 bits per heavy atom. The van der Waals surface area contributed by atoms with Crippen molar-refractivity contribution in [3.8, 4) is 5.75 Å². The summed E-state index contributed by atoms with van der Waals surface area (Å²) in [6.07, 6.45) is 5.02. The van der Waals surface area contributed by atoms with Gasteiger partial charge in [-0.05, 0) is 57.9 Å². The van der Waals surface area contributed by atoms with Crippen molar-refractivity contribution in [1.82, 2.24) is 5.32 Å². The van der Waals surface area contributed by atoms with Crippen LogP contribution in [-0.4, -0.2) is 13.2 Å².